The van der Waals surface area contributed by atoms with Gasteiger partial charge in [0.1, 0.15) is 0 Å². The van der Waals surface area contributed by atoms with Gasteiger partial charge < -0.3 is 5.32 Å². The average Bonchev–Trinajstić information content (AvgIpc) is 2.29. The number of hydrogen-bond donors (Lipinski definition) is 1. The Labute approximate surface area is 103 Å². The van der Waals surface area contributed by atoms with Crippen LogP contribution in [0.25, 0.3) is 0 Å². The Morgan fingerprint density at radius 3 is 3.00 bits per heavy atom. The van der Waals surface area contributed by atoms with Crippen LogP contribution in [0.3, 0.4) is 0 Å². The van der Waals surface area contributed by atoms with Gasteiger partial charge >= 0.3 is 0 Å². The van der Waals surface area contributed by atoms with Crippen LogP contribution in [0.5, 0.6) is 0 Å². The fourth-order valence-electron chi connectivity index (χ4n) is 2.28. The Kier molecular flexibility index (Phi) is 4.25. The molecule has 1 nitrogen and oxygen atoms in total. The minimum absolute atomic E-state index is 0.334. The second-order valence-corrected chi connectivity index (χ2v) is 5.22. The average molecular weight is 238 g/mol. The van der Waals surface area contributed by atoms with Gasteiger partial charge in [0.2, 0.25) is 0 Å². The van der Waals surface area contributed by atoms with Crippen LogP contribution < -0.4 is 5.32 Å². The minimum Gasteiger partial charge on any atom is -0.316 e. The third-order valence-electron chi connectivity index (χ3n) is 3.43. The highest BCUT2D eigenvalue weighted by Gasteiger charge is 2.24. The summed E-state index contributed by atoms with van der Waals surface area (Å²) in [5.41, 5.74) is 3.06. The summed E-state index contributed by atoms with van der Waals surface area (Å²) in [4.78, 5) is 0. The Morgan fingerprint density at radius 2 is 2.25 bits per heavy atom. The van der Waals surface area contributed by atoms with Gasteiger partial charge in [0.05, 0.1) is 0 Å². The quantitative estimate of drug-likeness (QED) is 0.591. The van der Waals surface area contributed by atoms with Crippen molar-refractivity contribution in [3.63, 3.8) is 0 Å². The molecule has 1 aliphatic carbocycles. The van der Waals surface area contributed by atoms with Crippen molar-refractivity contribution in [2.24, 2.45) is 0 Å². The number of rotatable bonds is 6. The molecule has 0 fully saturated rings. The number of halogens is 1. The molecule has 2 rings (SSSR count). The van der Waals surface area contributed by atoms with E-state index in [-0.39, 0.29) is 0 Å². The first-order valence-electron chi connectivity index (χ1n) is 6.24. The van der Waals surface area contributed by atoms with Gasteiger partial charge in [-0.25, -0.2) is 0 Å². The van der Waals surface area contributed by atoms with E-state index >= 15 is 0 Å². The molecule has 0 heterocycles. The van der Waals surface area contributed by atoms with E-state index in [9.17, 15) is 0 Å². The molecule has 1 N–H and O–H groups in total. The van der Waals surface area contributed by atoms with Crippen molar-refractivity contribution in [3.8, 4) is 0 Å². The predicted octanol–water partition coefficient (Wildman–Crippen LogP) is 3.32. The monoisotopic (exact) mass is 237 g/mol. The normalized spacial score (nSPS) is 20.0. The van der Waals surface area contributed by atoms with Crippen LogP contribution >= 0.6 is 11.6 Å². The number of fused-ring (bicyclic) bond motifs is 1. The van der Waals surface area contributed by atoms with Gasteiger partial charge in [-0.2, -0.15) is 0 Å². The lowest BCUT2D eigenvalue weighted by Crippen LogP contribution is -2.30. The standard InChI is InChI=1S/C14H20ClN/c1-2-13(15)7-8-16-10-12-9-11-5-3-4-6-14(11)12/h3-6,12-13,16H,2,7-10H2,1H3. The molecule has 0 aromatic heterocycles. The Hall–Kier alpha value is -0.530. The van der Waals surface area contributed by atoms with E-state index in [0.717, 1.165) is 31.8 Å². The van der Waals surface area contributed by atoms with E-state index in [1.54, 1.807) is 0 Å². The number of hydrogen-bond acceptors (Lipinski definition) is 1. The molecular weight excluding hydrogens is 218 g/mol. The van der Waals surface area contributed by atoms with Crippen LogP contribution in [0.2, 0.25) is 0 Å². The van der Waals surface area contributed by atoms with Gasteiger partial charge in [-0.15, -0.1) is 11.6 Å². The fraction of sp³-hybridized carbons (Fsp3) is 0.571. The molecule has 0 spiro atoms. The Bertz CT molecular complexity index is 337. The van der Waals surface area contributed by atoms with Crippen molar-refractivity contribution >= 4 is 11.6 Å². The molecule has 1 aromatic rings. The highest BCUT2D eigenvalue weighted by molar-refractivity contribution is 6.20. The maximum absolute atomic E-state index is 6.07. The zero-order valence-corrected chi connectivity index (χ0v) is 10.6. The van der Waals surface area contributed by atoms with Crippen LogP contribution in [0.1, 0.15) is 36.8 Å². The summed E-state index contributed by atoms with van der Waals surface area (Å²) in [5.74, 6) is 0.728. The summed E-state index contributed by atoms with van der Waals surface area (Å²) in [5, 5.41) is 3.84. The van der Waals surface area contributed by atoms with Crippen molar-refractivity contribution in [2.75, 3.05) is 13.1 Å². The van der Waals surface area contributed by atoms with Gasteiger partial charge in [0.25, 0.3) is 0 Å². The molecule has 16 heavy (non-hydrogen) atoms. The lowest BCUT2D eigenvalue weighted by atomic mass is 9.77. The summed E-state index contributed by atoms with van der Waals surface area (Å²) < 4.78 is 0. The second-order valence-electron chi connectivity index (χ2n) is 4.60. The lowest BCUT2D eigenvalue weighted by molar-refractivity contribution is 0.523. The number of alkyl halides is 1. The fourth-order valence-corrected chi connectivity index (χ4v) is 2.39. The van der Waals surface area contributed by atoms with Crippen molar-refractivity contribution in [1.29, 1.82) is 0 Å². The van der Waals surface area contributed by atoms with Gasteiger partial charge in [0.15, 0.2) is 0 Å². The van der Waals surface area contributed by atoms with Gasteiger partial charge in [-0.05, 0) is 36.9 Å². The molecule has 0 saturated carbocycles. The molecule has 2 unspecified atom stereocenters. The number of benzene rings is 1. The summed E-state index contributed by atoms with van der Waals surface area (Å²) in [6.45, 7) is 4.28. The van der Waals surface area contributed by atoms with E-state index < -0.39 is 0 Å². The predicted molar refractivity (Wildman–Crippen MR) is 70.3 cm³/mol. The first-order chi connectivity index (χ1) is 7.81. The Morgan fingerprint density at radius 1 is 1.44 bits per heavy atom. The molecule has 88 valence electrons. The molecule has 0 bridgehead atoms. The first kappa shape index (κ1) is 11.9. The lowest BCUT2D eigenvalue weighted by Gasteiger charge is -2.30. The maximum Gasteiger partial charge on any atom is 0.0345 e. The minimum atomic E-state index is 0.334. The van der Waals surface area contributed by atoms with Crippen molar-refractivity contribution < 1.29 is 0 Å². The molecule has 2 atom stereocenters. The van der Waals surface area contributed by atoms with Crippen LogP contribution in [0.15, 0.2) is 24.3 Å². The van der Waals surface area contributed by atoms with E-state index in [1.165, 1.54) is 17.5 Å². The molecule has 0 saturated heterocycles. The van der Waals surface area contributed by atoms with E-state index in [1.807, 2.05) is 0 Å². The summed E-state index contributed by atoms with van der Waals surface area (Å²) in [6, 6.07) is 8.75. The second kappa shape index (κ2) is 5.70. The van der Waals surface area contributed by atoms with Crippen LogP contribution in [0, 0.1) is 0 Å². The molecule has 2 heteroatoms. The highest BCUT2D eigenvalue weighted by atomic mass is 35.5. The van der Waals surface area contributed by atoms with E-state index in [0.29, 0.717) is 5.38 Å². The summed E-state index contributed by atoms with van der Waals surface area (Å²) in [6.07, 6.45) is 3.38. The summed E-state index contributed by atoms with van der Waals surface area (Å²) in [7, 11) is 0. The van der Waals surface area contributed by atoms with E-state index in [2.05, 4.69) is 36.5 Å². The van der Waals surface area contributed by atoms with Crippen LogP contribution in [-0.4, -0.2) is 18.5 Å². The molecular formula is C14H20ClN. The molecule has 1 aromatic carbocycles. The third-order valence-corrected chi connectivity index (χ3v) is 3.96. The first-order valence-corrected chi connectivity index (χ1v) is 6.67. The smallest absolute Gasteiger partial charge is 0.0345 e. The topological polar surface area (TPSA) is 12.0 Å². The highest BCUT2D eigenvalue weighted by Crippen LogP contribution is 2.33. The van der Waals surface area contributed by atoms with Crippen molar-refractivity contribution in [2.45, 2.75) is 37.5 Å². The molecule has 1 aliphatic rings. The van der Waals surface area contributed by atoms with Crippen molar-refractivity contribution in [3.05, 3.63) is 35.4 Å². The molecule has 0 amide bonds. The van der Waals surface area contributed by atoms with Gasteiger partial charge in [0, 0.05) is 17.8 Å². The van der Waals surface area contributed by atoms with Crippen LogP contribution in [0.4, 0.5) is 0 Å². The largest absolute Gasteiger partial charge is 0.316 e. The molecule has 0 aliphatic heterocycles. The molecule has 0 radical (unpaired) electrons. The Balaban J connectivity index is 1.66. The number of nitrogens with one attached hydrogen (secondary N) is 1. The van der Waals surface area contributed by atoms with Gasteiger partial charge in [-0.1, -0.05) is 31.2 Å². The SMILES string of the molecule is CCC(Cl)CCNCC1Cc2ccccc21. The van der Waals surface area contributed by atoms with Crippen LogP contribution in [-0.2, 0) is 6.42 Å². The third kappa shape index (κ3) is 2.78. The van der Waals surface area contributed by atoms with Crippen molar-refractivity contribution in [1.82, 2.24) is 5.32 Å². The summed E-state index contributed by atoms with van der Waals surface area (Å²) >= 11 is 6.07. The zero-order valence-electron chi connectivity index (χ0n) is 9.88. The zero-order chi connectivity index (χ0) is 11.4. The van der Waals surface area contributed by atoms with Gasteiger partial charge in [-0.3, -0.25) is 0 Å². The van der Waals surface area contributed by atoms with E-state index in [4.69, 9.17) is 11.6 Å². The maximum atomic E-state index is 6.07.